The van der Waals surface area contributed by atoms with E-state index in [-0.39, 0.29) is 29.1 Å². The molecule has 1 aliphatic rings. The zero-order valence-electron chi connectivity index (χ0n) is 13.9. The SMILES string of the molecule is Cc1ccccc1CNC(=O)c1ccc(NC2CCS(=O)(=O)C2)nn1. The molecule has 7 nitrogen and oxygen atoms in total. The maximum atomic E-state index is 12.2. The van der Waals surface area contributed by atoms with Crippen LogP contribution in [0.1, 0.15) is 28.0 Å². The number of nitrogens with one attached hydrogen (secondary N) is 2. The van der Waals surface area contributed by atoms with Crippen molar-refractivity contribution >= 4 is 21.6 Å². The molecular weight excluding hydrogens is 340 g/mol. The van der Waals surface area contributed by atoms with E-state index in [1.807, 2.05) is 31.2 Å². The molecule has 0 spiro atoms. The first-order valence-corrected chi connectivity index (χ1v) is 9.88. The van der Waals surface area contributed by atoms with Crippen LogP contribution in [0.15, 0.2) is 36.4 Å². The summed E-state index contributed by atoms with van der Waals surface area (Å²) in [5, 5.41) is 13.7. The predicted molar refractivity (Wildman–Crippen MR) is 95.1 cm³/mol. The fraction of sp³-hybridized carbons (Fsp3) is 0.353. The molecule has 1 aromatic carbocycles. The Balaban J connectivity index is 1.56. The molecule has 0 saturated carbocycles. The number of benzene rings is 1. The Hall–Kier alpha value is -2.48. The molecule has 25 heavy (non-hydrogen) atoms. The van der Waals surface area contributed by atoms with Gasteiger partial charge < -0.3 is 10.6 Å². The number of carbonyl (C=O) groups is 1. The van der Waals surface area contributed by atoms with Gasteiger partial charge in [0.25, 0.3) is 5.91 Å². The molecule has 0 bridgehead atoms. The number of anilines is 1. The second-order valence-electron chi connectivity index (χ2n) is 6.16. The highest BCUT2D eigenvalue weighted by Gasteiger charge is 2.28. The van der Waals surface area contributed by atoms with E-state index in [9.17, 15) is 13.2 Å². The molecule has 1 aliphatic heterocycles. The van der Waals surface area contributed by atoms with Gasteiger partial charge in [0.2, 0.25) is 0 Å². The van der Waals surface area contributed by atoms with Crippen LogP contribution < -0.4 is 10.6 Å². The quantitative estimate of drug-likeness (QED) is 0.834. The Kier molecular flexibility index (Phi) is 4.98. The third-order valence-corrected chi connectivity index (χ3v) is 5.95. The first-order valence-electron chi connectivity index (χ1n) is 8.06. The first kappa shape index (κ1) is 17.3. The number of aryl methyl sites for hydroxylation is 1. The van der Waals surface area contributed by atoms with Gasteiger partial charge in [-0.3, -0.25) is 4.79 Å². The monoisotopic (exact) mass is 360 g/mol. The molecule has 2 N–H and O–H groups in total. The van der Waals surface area contributed by atoms with Gasteiger partial charge in [0.15, 0.2) is 15.5 Å². The van der Waals surface area contributed by atoms with E-state index in [1.165, 1.54) is 0 Å². The van der Waals surface area contributed by atoms with Crippen LogP contribution in [0, 0.1) is 6.92 Å². The lowest BCUT2D eigenvalue weighted by Gasteiger charge is -2.11. The third kappa shape index (κ3) is 4.54. The van der Waals surface area contributed by atoms with Crippen LogP contribution >= 0.6 is 0 Å². The Morgan fingerprint density at radius 1 is 1.20 bits per heavy atom. The number of carbonyl (C=O) groups excluding carboxylic acids is 1. The van der Waals surface area contributed by atoms with E-state index in [2.05, 4.69) is 20.8 Å². The van der Waals surface area contributed by atoms with Crippen LogP contribution in [0.5, 0.6) is 0 Å². The van der Waals surface area contributed by atoms with Gasteiger partial charge in [-0.25, -0.2) is 8.42 Å². The number of aromatic nitrogens is 2. The van der Waals surface area contributed by atoms with Crippen molar-refractivity contribution in [3.63, 3.8) is 0 Å². The van der Waals surface area contributed by atoms with E-state index in [4.69, 9.17) is 0 Å². The fourth-order valence-electron chi connectivity index (χ4n) is 2.72. The number of sulfone groups is 1. The second-order valence-corrected chi connectivity index (χ2v) is 8.39. The summed E-state index contributed by atoms with van der Waals surface area (Å²) in [6, 6.07) is 10.9. The lowest BCUT2D eigenvalue weighted by atomic mass is 10.1. The highest BCUT2D eigenvalue weighted by molar-refractivity contribution is 7.91. The van der Waals surface area contributed by atoms with E-state index >= 15 is 0 Å². The average molecular weight is 360 g/mol. The number of rotatable bonds is 5. The topological polar surface area (TPSA) is 101 Å². The van der Waals surface area contributed by atoms with Crippen molar-refractivity contribution in [1.82, 2.24) is 15.5 Å². The number of nitrogens with zero attached hydrogens (tertiary/aromatic N) is 2. The largest absolute Gasteiger partial charge is 0.365 e. The van der Waals surface area contributed by atoms with Gasteiger partial charge in [-0.2, -0.15) is 0 Å². The zero-order valence-corrected chi connectivity index (χ0v) is 14.7. The molecule has 1 fully saturated rings. The second kappa shape index (κ2) is 7.18. The molecule has 1 aromatic heterocycles. The molecule has 1 atom stereocenters. The summed E-state index contributed by atoms with van der Waals surface area (Å²) < 4.78 is 22.9. The van der Waals surface area contributed by atoms with Crippen molar-refractivity contribution in [2.75, 3.05) is 16.8 Å². The highest BCUT2D eigenvalue weighted by Crippen LogP contribution is 2.15. The van der Waals surface area contributed by atoms with Crippen molar-refractivity contribution in [3.05, 3.63) is 53.2 Å². The molecule has 0 aliphatic carbocycles. The lowest BCUT2D eigenvalue weighted by molar-refractivity contribution is 0.0945. The Bertz CT molecular complexity index is 866. The summed E-state index contributed by atoms with van der Waals surface area (Å²) in [5.41, 5.74) is 2.38. The number of amides is 1. The summed E-state index contributed by atoms with van der Waals surface area (Å²) in [7, 11) is -2.95. The molecule has 2 heterocycles. The summed E-state index contributed by atoms with van der Waals surface area (Å²) in [5.74, 6) is 0.466. The minimum atomic E-state index is -2.95. The zero-order chi connectivity index (χ0) is 17.9. The van der Waals surface area contributed by atoms with Gasteiger partial charge in [-0.1, -0.05) is 24.3 Å². The number of hydrogen-bond acceptors (Lipinski definition) is 6. The van der Waals surface area contributed by atoms with Crippen molar-refractivity contribution in [3.8, 4) is 0 Å². The third-order valence-electron chi connectivity index (χ3n) is 4.18. The van der Waals surface area contributed by atoms with E-state index in [1.54, 1.807) is 12.1 Å². The van der Waals surface area contributed by atoms with Crippen LogP contribution in [0.4, 0.5) is 5.82 Å². The lowest BCUT2D eigenvalue weighted by Crippen LogP contribution is -2.25. The molecular formula is C17H20N4O3S. The standard InChI is InChI=1S/C17H20N4O3S/c1-12-4-2-3-5-13(12)10-18-17(22)15-6-7-16(21-20-15)19-14-8-9-25(23,24)11-14/h2-7,14H,8-11H2,1H3,(H,18,22)(H,19,21). The van der Waals surface area contributed by atoms with Crippen molar-refractivity contribution in [1.29, 1.82) is 0 Å². The van der Waals surface area contributed by atoms with Crippen molar-refractivity contribution < 1.29 is 13.2 Å². The average Bonchev–Trinajstić information content (AvgIpc) is 2.93. The van der Waals surface area contributed by atoms with E-state index < -0.39 is 9.84 Å². The molecule has 1 amide bonds. The maximum Gasteiger partial charge on any atom is 0.272 e. The minimum absolute atomic E-state index is 0.105. The molecule has 3 rings (SSSR count). The van der Waals surface area contributed by atoms with Crippen LogP contribution in [-0.2, 0) is 16.4 Å². The summed E-state index contributed by atoms with van der Waals surface area (Å²) >= 11 is 0. The first-order chi connectivity index (χ1) is 11.9. The van der Waals surface area contributed by atoms with Gasteiger partial charge in [0.1, 0.15) is 5.82 Å². The highest BCUT2D eigenvalue weighted by atomic mass is 32.2. The summed E-state index contributed by atoms with van der Waals surface area (Å²) in [6.07, 6.45) is 0.558. The molecule has 0 radical (unpaired) electrons. The minimum Gasteiger partial charge on any atom is -0.365 e. The Morgan fingerprint density at radius 2 is 2.00 bits per heavy atom. The van der Waals surface area contributed by atoms with Crippen LogP contribution in [0.2, 0.25) is 0 Å². The molecule has 1 unspecified atom stereocenters. The van der Waals surface area contributed by atoms with E-state index in [0.717, 1.165) is 11.1 Å². The van der Waals surface area contributed by atoms with Crippen molar-refractivity contribution in [2.45, 2.75) is 25.9 Å². The summed E-state index contributed by atoms with van der Waals surface area (Å²) in [4.78, 5) is 12.2. The summed E-state index contributed by atoms with van der Waals surface area (Å²) in [6.45, 7) is 2.41. The smallest absolute Gasteiger partial charge is 0.272 e. The number of hydrogen-bond donors (Lipinski definition) is 2. The van der Waals surface area contributed by atoms with Crippen LogP contribution in [0.25, 0.3) is 0 Å². The molecule has 132 valence electrons. The van der Waals surface area contributed by atoms with Gasteiger partial charge in [0.05, 0.1) is 11.5 Å². The Labute approximate surface area is 146 Å². The van der Waals surface area contributed by atoms with Gasteiger partial charge >= 0.3 is 0 Å². The molecule has 1 saturated heterocycles. The maximum absolute atomic E-state index is 12.2. The molecule has 2 aromatic rings. The predicted octanol–water partition coefficient (Wildman–Crippen LogP) is 1.31. The van der Waals surface area contributed by atoms with Crippen LogP contribution in [0.3, 0.4) is 0 Å². The van der Waals surface area contributed by atoms with Gasteiger partial charge in [-0.05, 0) is 36.6 Å². The Morgan fingerprint density at radius 3 is 2.64 bits per heavy atom. The normalized spacial score (nSPS) is 18.7. The molecule has 8 heteroatoms. The van der Waals surface area contributed by atoms with Gasteiger partial charge in [-0.15, -0.1) is 10.2 Å². The van der Waals surface area contributed by atoms with E-state index in [0.29, 0.717) is 18.8 Å². The van der Waals surface area contributed by atoms with Crippen molar-refractivity contribution in [2.24, 2.45) is 0 Å². The van der Waals surface area contributed by atoms with Crippen LogP contribution in [-0.4, -0.2) is 42.1 Å². The fourth-order valence-corrected chi connectivity index (χ4v) is 4.40. The van der Waals surface area contributed by atoms with Gasteiger partial charge in [0, 0.05) is 12.6 Å².